The van der Waals surface area contributed by atoms with Crippen molar-refractivity contribution < 1.29 is 17.4 Å². The maximum absolute atomic E-state index is 14.7. The van der Waals surface area contributed by atoms with Crippen molar-refractivity contribution in [2.45, 2.75) is 50.8 Å². The van der Waals surface area contributed by atoms with Crippen LogP contribution < -0.4 is 4.72 Å². The number of nitrogens with zero attached hydrogens (tertiary/aromatic N) is 3. The van der Waals surface area contributed by atoms with Crippen molar-refractivity contribution >= 4 is 32.6 Å². The van der Waals surface area contributed by atoms with Crippen LogP contribution in [0.25, 0.3) is 4.85 Å². The second-order valence-corrected chi connectivity index (χ2v) is 10.3. The standard InChI is InChI=1S/C19H20BrF3N4OS/c1-11-25-10-16(24-5)15(26-11)9-19(17(22)23,27-29(28)18(2,3)4)13-8-12(20)6-7-14(13)21/h6-8,10,17,27H,9H2,1-4H3. The van der Waals surface area contributed by atoms with Crippen LogP contribution in [0.1, 0.15) is 37.9 Å². The molecule has 29 heavy (non-hydrogen) atoms. The third-order valence-corrected chi connectivity index (χ3v) is 6.30. The third-order valence-electron chi connectivity index (χ3n) is 4.15. The van der Waals surface area contributed by atoms with E-state index in [9.17, 15) is 17.4 Å². The Hall–Kier alpha value is -1.83. The quantitative estimate of drug-likeness (QED) is 0.582. The van der Waals surface area contributed by atoms with Gasteiger partial charge in [0.05, 0.1) is 28.0 Å². The van der Waals surface area contributed by atoms with Gasteiger partial charge in [0.15, 0.2) is 0 Å². The number of hydrogen-bond acceptors (Lipinski definition) is 3. The molecule has 0 aliphatic rings. The van der Waals surface area contributed by atoms with Crippen LogP contribution in [-0.4, -0.2) is 25.3 Å². The van der Waals surface area contributed by atoms with E-state index in [0.717, 1.165) is 6.07 Å². The Labute approximate surface area is 178 Å². The molecule has 2 atom stereocenters. The number of alkyl halides is 2. The molecule has 10 heteroatoms. The summed E-state index contributed by atoms with van der Waals surface area (Å²) >= 11 is 3.18. The van der Waals surface area contributed by atoms with Gasteiger partial charge in [-0.05, 0) is 45.9 Å². The molecule has 2 unspecified atom stereocenters. The highest BCUT2D eigenvalue weighted by Crippen LogP contribution is 2.38. The molecule has 2 rings (SSSR count). The van der Waals surface area contributed by atoms with Gasteiger partial charge in [-0.2, -0.15) is 0 Å². The van der Waals surface area contributed by atoms with E-state index in [1.807, 2.05) is 0 Å². The van der Waals surface area contributed by atoms with Gasteiger partial charge in [-0.3, -0.25) is 4.98 Å². The number of halogens is 4. The monoisotopic (exact) mass is 488 g/mol. The first-order valence-electron chi connectivity index (χ1n) is 8.54. The average molecular weight is 489 g/mol. The highest BCUT2D eigenvalue weighted by molar-refractivity contribution is 9.10. The van der Waals surface area contributed by atoms with Gasteiger partial charge in [0, 0.05) is 22.7 Å². The van der Waals surface area contributed by atoms with E-state index >= 15 is 0 Å². The minimum atomic E-state index is -3.16. The molecule has 0 fully saturated rings. The maximum atomic E-state index is 14.7. The van der Waals surface area contributed by atoms with Crippen LogP contribution in [0.2, 0.25) is 0 Å². The SMILES string of the molecule is [C-]#[N+]c1cnc(C)nc1CC(NS(=O)C(C)(C)C)(c1cc(Br)ccc1F)C(F)F. The predicted molar refractivity (Wildman–Crippen MR) is 110 cm³/mol. The molecule has 5 nitrogen and oxygen atoms in total. The van der Waals surface area contributed by atoms with Crippen LogP contribution >= 0.6 is 15.9 Å². The van der Waals surface area contributed by atoms with Crippen LogP contribution in [0.4, 0.5) is 18.9 Å². The highest BCUT2D eigenvalue weighted by Gasteiger charge is 2.47. The van der Waals surface area contributed by atoms with E-state index < -0.39 is 39.9 Å². The van der Waals surface area contributed by atoms with Crippen LogP contribution in [0.15, 0.2) is 28.9 Å². The zero-order chi connectivity index (χ0) is 22.0. The highest BCUT2D eigenvalue weighted by atomic mass is 79.9. The molecular weight excluding hydrogens is 469 g/mol. The summed E-state index contributed by atoms with van der Waals surface area (Å²) in [7, 11) is -1.96. The summed E-state index contributed by atoms with van der Waals surface area (Å²) in [6, 6.07) is 3.66. The van der Waals surface area contributed by atoms with Gasteiger partial charge in [0.1, 0.15) is 17.2 Å². The Bertz CT molecular complexity index is 975. The van der Waals surface area contributed by atoms with Crippen molar-refractivity contribution in [1.29, 1.82) is 0 Å². The molecule has 0 saturated heterocycles. The lowest BCUT2D eigenvalue weighted by atomic mass is 9.85. The van der Waals surface area contributed by atoms with E-state index in [-0.39, 0.29) is 22.8 Å². The fourth-order valence-electron chi connectivity index (χ4n) is 2.58. The van der Waals surface area contributed by atoms with Gasteiger partial charge < -0.3 is 0 Å². The summed E-state index contributed by atoms with van der Waals surface area (Å²) < 4.78 is 58.8. The molecule has 0 spiro atoms. The summed E-state index contributed by atoms with van der Waals surface area (Å²) in [6.07, 6.45) is -2.48. The number of aryl methyl sites for hydroxylation is 1. The van der Waals surface area contributed by atoms with Crippen molar-refractivity contribution in [1.82, 2.24) is 14.7 Å². The molecule has 1 aromatic carbocycles. The van der Waals surface area contributed by atoms with Gasteiger partial charge in [-0.1, -0.05) is 15.9 Å². The fourth-order valence-corrected chi connectivity index (χ4v) is 3.85. The third kappa shape index (κ3) is 5.21. The van der Waals surface area contributed by atoms with Gasteiger partial charge >= 0.3 is 0 Å². The summed E-state index contributed by atoms with van der Waals surface area (Å²) in [6.45, 7) is 13.7. The van der Waals surface area contributed by atoms with Crippen molar-refractivity contribution in [3.63, 3.8) is 0 Å². The van der Waals surface area contributed by atoms with Crippen LogP contribution in [0.5, 0.6) is 0 Å². The number of rotatable bonds is 6. The maximum Gasteiger partial charge on any atom is 0.261 e. The first-order chi connectivity index (χ1) is 13.4. The van der Waals surface area contributed by atoms with Gasteiger partial charge in [-0.15, -0.1) is 0 Å². The predicted octanol–water partition coefficient (Wildman–Crippen LogP) is 4.99. The zero-order valence-electron chi connectivity index (χ0n) is 16.3. The van der Waals surface area contributed by atoms with Gasteiger partial charge in [-0.25, -0.2) is 31.9 Å². The van der Waals surface area contributed by atoms with Crippen molar-refractivity contribution in [2.75, 3.05) is 0 Å². The van der Waals surface area contributed by atoms with E-state index in [0.29, 0.717) is 4.47 Å². The molecular formula is C19H20BrF3N4OS. The number of benzene rings is 1. The number of nitrogens with one attached hydrogen (secondary N) is 1. The average Bonchev–Trinajstić information content (AvgIpc) is 2.62. The molecule has 0 amide bonds. The molecule has 0 saturated carbocycles. The smallest absolute Gasteiger partial charge is 0.253 e. The Balaban J connectivity index is 2.76. The van der Waals surface area contributed by atoms with Crippen LogP contribution in [0.3, 0.4) is 0 Å². The van der Waals surface area contributed by atoms with E-state index in [2.05, 4.69) is 35.5 Å². The summed E-state index contributed by atoms with van der Waals surface area (Å²) in [5.74, 6) is -0.607. The summed E-state index contributed by atoms with van der Waals surface area (Å²) in [5, 5.41) is 0. The minimum Gasteiger partial charge on any atom is -0.253 e. The normalized spacial score (nSPS) is 15.0. The molecule has 2 aromatic rings. The molecule has 0 bridgehead atoms. The van der Waals surface area contributed by atoms with E-state index in [1.54, 1.807) is 27.7 Å². The minimum absolute atomic E-state index is 0.0191. The molecule has 156 valence electrons. The van der Waals surface area contributed by atoms with Crippen molar-refractivity contribution in [3.8, 4) is 0 Å². The molecule has 1 aromatic heterocycles. The second-order valence-electron chi connectivity index (χ2n) is 7.42. The number of aromatic nitrogens is 2. The lowest BCUT2D eigenvalue weighted by molar-refractivity contribution is 0.0391. The largest absolute Gasteiger partial charge is 0.261 e. The van der Waals surface area contributed by atoms with E-state index in [1.165, 1.54) is 18.3 Å². The first-order valence-corrected chi connectivity index (χ1v) is 10.5. The Kier molecular flexibility index (Phi) is 7.19. The molecule has 1 N–H and O–H groups in total. The Morgan fingerprint density at radius 1 is 1.34 bits per heavy atom. The Morgan fingerprint density at radius 3 is 2.55 bits per heavy atom. The van der Waals surface area contributed by atoms with E-state index in [4.69, 9.17) is 6.57 Å². The van der Waals surface area contributed by atoms with Crippen molar-refractivity contribution in [3.05, 3.63) is 63.2 Å². The molecule has 0 aliphatic heterocycles. The summed E-state index contributed by atoms with van der Waals surface area (Å²) in [4.78, 5) is 11.3. The van der Waals surface area contributed by atoms with Crippen LogP contribution in [-0.2, 0) is 22.9 Å². The molecule has 0 radical (unpaired) electrons. The zero-order valence-corrected chi connectivity index (χ0v) is 18.7. The molecule has 1 heterocycles. The lowest BCUT2D eigenvalue weighted by Crippen LogP contribution is -2.54. The van der Waals surface area contributed by atoms with Gasteiger partial charge in [0.2, 0.25) is 5.69 Å². The first kappa shape index (κ1) is 23.4. The Morgan fingerprint density at radius 2 is 2.00 bits per heavy atom. The lowest BCUT2D eigenvalue weighted by Gasteiger charge is -2.36. The van der Waals surface area contributed by atoms with Gasteiger partial charge in [0.25, 0.3) is 6.43 Å². The van der Waals surface area contributed by atoms with Crippen LogP contribution in [0, 0.1) is 19.3 Å². The second kappa shape index (κ2) is 8.90. The topological polar surface area (TPSA) is 59.2 Å². The summed E-state index contributed by atoms with van der Waals surface area (Å²) in [5.41, 5.74) is -2.76. The fraction of sp³-hybridized carbons (Fsp3) is 0.421. The molecule has 0 aliphatic carbocycles. The van der Waals surface area contributed by atoms with Crippen molar-refractivity contribution in [2.24, 2.45) is 0 Å². The number of hydrogen-bond donors (Lipinski definition) is 1.